The van der Waals surface area contributed by atoms with E-state index in [1.54, 1.807) is 0 Å². The van der Waals surface area contributed by atoms with Gasteiger partial charge in [0.15, 0.2) is 20.1 Å². The largest absolute Gasteiger partial charge is 0.469 e. The Morgan fingerprint density at radius 2 is 1.91 bits per heavy atom. The number of aliphatic hydroxyl groups excluding tert-OH is 2. The van der Waals surface area contributed by atoms with E-state index in [1.807, 2.05) is 33.9 Å². The smallest absolute Gasteiger partial charge is 0.313 e. The second-order valence-electron chi connectivity index (χ2n) is 7.86. The maximum absolute atomic E-state index is 12.3. The van der Waals surface area contributed by atoms with Crippen LogP contribution in [-0.2, 0) is 18.8 Å². The van der Waals surface area contributed by atoms with Gasteiger partial charge in [-0.05, 0) is 24.6 Å². The summed E-state index contributed by atoms with van der Waals surface area (Å²) in [7, 11) is -1.17. The Morgan fingerprint density at radius 3 is 2.39 bits per heavy atom. The summed E-state index contributed by atoms with van der Waals surface area (Å²) in [6.07, 6.45) is -2.71. The highest BCUT2D eigenvalue weighted by atomic mass is 28.4. The number of methoxy groups -OCH3 is 1. The van der Waals surface area contributed by atoms with Crippen LogP contribution < -0.4 is 0 Å². The lowest BCUT2D eigenvalue weighted by Crippen LogP contribution is -2.62. The van der Waals surface area contributed by atoms with Crippen LogP contribution in [0.2, 0.25) is 18.1 Å². The van der Waals surface area contributed by atoms with Gasteiger partial charge in [-0.3, -0.25) is 9.59 Å². The molecule has 132 valence electrons. The fraction of sp³-hybridized carbons (Fsp3) is 0.867. The van der Waals surface area contributed by atoms with E-state index in [9.17, 15) is 19.8 Å². The molecule has 4 atom stereocenters. The van der Waals surface area contributed by atoms with Gasteiger partial charge in [-0.1, -0.05) is 20.8 Å². The zero-order chi connectivity index (χ0) is 17.8. The van der Waals surface area contributed by atoms with Gasteiger partial charge >= 0.3 is 5.97 Å². The number of esters is 1. The van der Waals surface area contributed by atoms with Crippen molar-refractivity contribution in [1.29, 1.82) is 0 Å². The number of nitrogens with zero attached hydrogens (tertiary/aromatic N) is 1. The minimum Gasteiger partial charge on any atom is -0.469 e. The molecule has 2 N–H and O–H groups in total. The Labute approximate surface area is 137 Å². The first kappa shape index (κ1) is 18.4. The molecule has 0 aromatic heterocycles. The number of fused-ring (bicyclic) bond motifs is 1. The first-order valence-electron chi connectivity index (χ1n) is 7.85. The highest BCUT2D eigenvalue weighted by Crippen LogP contribution is 2.50. The van der Waals surface area contributed by atoms with E-state index in [2.05, 4.69) is 0 Å². The van der Waals surface area contributed by atoms with E-state index in [0.29, 0.717) is 6.42 Å². The van der Waals surface area contributed by atoms with Gasteiger partial charge in [0.2, 0.25) is 0 Å². The van der Waals surface area contributed by atoms with Crippen molar-refractivity contribution >= 4 is 20.2 Å². The van der Waals surface area contributed by atoms with Crippen molar-refractivity contribution < 1.29 is 29.0 Å². The first-order chi connectivity index (χ1) is 10.4. The first-order valence-corrected chi connectivity index (χ1v) is 10.8. The molecule has 0 radical (unpaired) electrons. The summed E-state index contributed by atoms with van der Waals surface area (Å²) >= 11 is 0. The molecule has 2 aliphatic heterocycles. The lowest BCUT2D eigenvalue weighted by molar-refractivity contribution is -0.177. The molecule has 2 saturated heterocycles. The molecule has 0 aliphatic carbocycles. The molecule has 2 fully saturated rings. The Balaban J connectivity index is 2.53. The second-order valence-corrected chi connectivity index (χ2v) is 12.6. The molecule has 7 nitrogen and oxygen atoms in total. The predicted molar refractivity (Wildman–Crippen MR) is 84.9 cm³/mol. The molecular formula is C15H27NO6Si. The topological polar surface area (TPSA) is 96.3 Å². The van der Waals surface area contributed by atoms with Crippen LogP contribution in [0.4, 0.5) is 0 Å². The van der Waals surface area contributed by atoms with Crippen LogP contribution in [0.1, 0.15) is 27.2 Å². The van der Waals surface area contributed by atoms with Gasteiger partial charge in [0.05, 0.1) is 7.11 Å². The summed E-state index contributed by atoms with van der Waals surface area (Å²) in [5.41, 5.74) is -1.54. The third kappa shape index (κ3) is 2.52. The third-order valence-corrected chi connectivity index (χ3v) is 9.96. The van der Waals surface area contributed by atoms with Crippen LogP contribution >= 0.6 is 0 Å². The zero-order valence-electron chi connectivity index (χ0n) is 14.6. The van der Waals surface area contributed by atoms with Crippen molar-refractivity contribution in [3.05, 3.63) is 0 Å². The highest BCUT2D eigenvalue weighted by molar-refractivity contribution is 6.74. The number of hydrogen-bond donors (Lipinski definition) is 2. The number of ether oxygens (including phenoxy) is 1. The lowest BCUT2D eigenvalue weighted by Gasteiger charge is -2.47. The lowest BCUT2D eigenvalue weighted by atomic mass is 9.91. The Bertz CT molecular complexity index is 517. The molecule has 0 bridgehead atoms. The Kier molecular flexibility index (Phi) is 4.43. The van der Waals surface area contributed by atoms with Crippen LogP contribution in [0.5, 0.6) is 0 Å². The number of carbonyl (C=O) groups excluding carboxylic acids is 2. The quantitative estimate of drug-likeness (QED) is 0.570. The van der Waals surface area contributed by atoms with Crippen LogP contribution in [0.3, 0.4) is 0 Å². The van der Waals surface area contributed by atoms with E-state index >= 15 is 0 Å². The summed E-state index contributed by atoms with van der Waals surface area (Å²) in [5, 5.41) is 20.5. The normalized spacial score (nSPS) is 34.7. The summed E-state index contributed by atoms with van der Waals surface area (Å²) in [6.45, 7) is 10.3. The molecule has 0 saturated carbocycles. The minimum atomic E-state index is -2.44. The zero-order valence-corrected chi connectivity index (χ0v) is 15.6. The van der Waals surface area contributed by atoms with E-state index in [0.717, 1.165) is 0 Å². The van der Waals surface area contributed by atoms with Gasteiger partial charge in [-0.25, -0.2) is 0 Å². The molecule has 0 unspecified atom stereocenters. The van der Waals surface area contributed by atoms with E-state index < -0.39 is 44.0 Å². The summed E-state index contributed by atoms with van der Waals surface area (Å²) in [6, 6.07) is 0. The van der Waals surface area contributed by atoms with E-state index in [-0.39, 0.29) is 11.6 Å². The van der Waals surface area contributed by atoms with Gasteiger partial charge in [0.1, 0.15) is 12.0 Å². The van der Waals surface area contributed by atoms with Gasteiger partial charge < -0.3 is 24.3 Å². The van der Waals surface area contributed by atoms with Gasteiger partial charge in [-0.15, -0.1) is 0 Å². The maximum atomic E-state index is 12.3. The molecule has 0 aromatic carbocycles. The highest BCUT2D eigenvalue weighted by Gasteiger charge is 2.69. The van der Waals surface area contributed by atoms with Crippen LogP contribution in [0, 0.1) is 5.92 Å². The molecule has 1 amide bonds. The summed E-state index contributed by atoms with van der Waals surface area (Å²) < 4.78 is 11.2. The molecule has 23 heavy (non-hydrogen) atoms. The maximum Gasteiger partial charge on any atom is 0.313 e. The van der Waals surface area contributed by atoms with Crippen molar-refractivity contribution in [2.24, 2.45) is 5.92 Å². The fourth-order valence-electron chi connectivity index (χ4n) is 3.17. The standard InChI is InChI=1S/C15H27NO6Si/c1-14(2,3)23(5,6)22-15-9(13(20)21-4)7-8-16(15)12(19)10(17)11(15)18/h9-11,17-18H,7-8H2,1-6H3/t9-,10+,11+,15+/m0/s1. The van der Waals surface area contributed by atoms with Crippen molar-refractivity contribution in [1.82, 2.24) is 4.90 Å². The van der Waals surface area contributed by atoms with Crippen molar-refractivity contribution in [3.8, 4) is 0 Å². The Hall–Kier alpha value is -0.963. The average molecular weight is 345 g/mol. The summed E-state index contributed by atoms with van der Waals surface area (Å²) in [4.78, 5) is 25.9. The van der Waals surface area contributed by atoms with E-state index in [4.69, 9.17) is 9.16 Å². The van der Waals surface area contributed by atoms with E-state index in [1.165, 1.54) is 12.0 Å². The molecule has 8 heteroatoms. The van der Waals surface area contributed by atoms with Crippen molar-refractivity contribution in [2.75, 3.05) is 13.7 Å². The average Bonchev–Trinajstić information content (AvgIpc) is 2.88. The second kappa shape index (κ2) is 5.54. The van der Waals surface area contributed by atoms with Crippen molar-refractivity contribution in [3.63, 3.8) is 0 Å². The molecule has 0 aromatic rings. The number of rotatable bonds is 3. The number of carbonyl (C=O) groups is 2. The summed E-state index contributed by atoms with van der Waals surface area (Å²) in [5.74, 6) is -1.94. The van der Waals surface area contributed by atoms with Gasteiger partial charge in [0.25, 0.3) is 5.91 Å². The Morgan fingerprint density at radius 1 is 1.35 bits per heavy atom. The monoisotopic (exact) mass is 345 g/mol. The van der Waals surface area contributed by atoms with Crippen molar-refractivity contribution in [2.45, 2.75) is 63.3 Å². The molecule has 2 rings (SSSR count). The molecule has 2 aliphatic rings. The predicted octanol–water partition coefficient (Wildman–Crippen LogP) is 0.461. The number of amides is 1. The minimum absolute atomic E-state index is 0.188. The number of aliphatic hydroxyl groups is 2. The SMILES string of the molecule is COC(=O)[C@@H]1CCN2C(=O)[C@H](O)[C@@H](O)[C@]12O[Si](C)(C)C(C)(C)C. The van der Waals surface area contributed by atoms with Crippen LogP contribution in [-0.4, -0.2) is 66.9 Å². The molecule has 0 spiro atoms. The van der Waals surface area contributed by atoms with Gasteiger partial charge in [-0.2, -0.15) is 0 Å². The van der Waals surface area contributed by atoms with Crippen LogP contribution in [0.25, 0.3) is 0 Å². The van der Waals surface area contributed by atoms with Gasteiger partial charge in [0, 0.05) is 6.54 Å². The molecule has 2 heterocycles. The third-order valence-electron chi connectivity index (χ3n) is 5.51. The fourth-order valence-corrected chi connectivity index (χ4v) is 4.67. The van der Waals surface area contributed by atoms with Crippen LogP contribution in [0.15, 0.2) is 0 Å². The molecular weight excluding hydrogens is 318 g/mol. The number of hydrogen-bond acceptors (Lipinski definition) is 6.